The first-order valence-corrected chi connectivity index (χ1v) is 13.3. The van der Waals surface area contributed by atoms with E-state index in [1.807, 2.05) is 60.0 Å². The van der Waals surface area contributed by atoms with Crippen LogP contribution >= 0.6 is 46.7 Å². The van der Waals surface area contributed by atoms with Crippen molar-refractivity contribution in [2.75, 3.05) is 5.32 Å². The molecule has 0 spiro atoms. The standard InChI is InChI=1S/C25H22Cl2N4OS2/c1-2-22(24(32)28-17-13-14-20(26)21(27)15-17)34-25-30-29-23(16-33-19-11-7-4-8-12-19)31(25)18-9-5-3-6-10-18/h3-15,22H,2,16H2,1H3,(H,28,32). The van der Waals surface area contributed by atoms with Crippen LogP contribution in [0.25, 0.3) is 5.69 Å². The van der Waals surface area contributed by atoms with Gasteiger partial charge in [-0.05, 0) is 48.9 Å². The minimum absolute atomic E-state index is 0.131. The Hall–Kier alpha value is -2.45. The number of carbonyl (C=O) groups excluding carboxylic acids is 1. The van der Waals surface area contributed by atoms with Gasteiger partial charge in [0.15, 0.2) is 5.16 Å². The number of hydrogen-bond acceptors (Lipinski definition) is 5. The Labute approximate surface area is 217 Å². The summed E-state index contributed by atoms with van der Waals surface area (Å²) >= 11 is 15.2. The number of nitrogens with one attached hydrogen (secondary N) is 1. The van der Waals surface area contributed by atoms with E-state index in [9.17, 15) is 4.79 Å². The molecule has 9 heteroatoms. The molecule has 0 aliphatic heterocycles. The molecule has 1 heterocycles. The maximum absolute atomic E-state index is 13.0. The normalized spacial score (nSPS) is 11.9. The van der Waals surface area contributed by atoms with Gasteiger partial charge in [-0.2, -0.15) is 0 Å². The molecular weight excluding hydrogens is 507 g/mol. The lowest BCUT2D eigenvalue weighted by molar-refractivity contribution is -0.115. The van der Waals surface area contributed by atoms with Crippen LogP contribution in [0.5, 0.6) is 0 Å². The molecule has 1 unspecified atom stereocenters. The fourth-order valence-electron chi connectivity index (χ4n) is 3.22. The quantitative estimate of drug-likeness (QED) is 0.229. The number of amides is 1. The van der Waals surface area contributed by atoms with Crippen molar-refractivity contribution in [1.82, 2.24) is 14.8 Å². The average molecular weight is 530 g/mol. The smallest absolute Gasteiger partial charge is 0.237 e. The molecule has 1 aromatic heterocycles. The van der Waals surface area contributed by atoms with Crippen LogP contribution in [-0.4, -0.2) is 25.9 Å². The SMILES string of the molecule is CCC(Sc1nnc(CSc2ccccc2)n1-c1ccccc1)C(=O)Nc1ccc(Cl)c(Cl)c1. The largest absolute Gasteiger partial charge is 0.325 e. The summed E-state index contributed by atoms with van der Waals surface area (Å²) in [5.74, 6) is 1.34. The van der Waals surface area contributed by atoms with Gasteiger partial charge >= 0.3 is 0 Å². The van der Waals surface area contributed by atoms with E-state index in [4.69, 9.17) is 23.2 Å². The molecule has 0 aliphatic carbocycles. The van der Waals surface area contributed by atoms with Crippen molar-refractivity contribution in [3.63, 3.8) is 0 Å². The molecule has 1 atom stereocenters. The first kappa shape index (κ1) is 24.7. The van der Waals surface area contributed by atoms with E-state index in [1.54, 1.807) is 30.0 Å². The van der Waals surface area contributed by atoms with Gasteiger partial charge in [-0.3, -0.25) is 9.36 Å². The molecule has 0 aliphatic rings. The third-order valence-electron chi connectivity index (χ3n) is 4.92. The molecule has 0 radical (unpaired) electrons. The van der Waals surface area contributed by atoms with Gasteiger partial charge in [-0.25, -0.2) is 0 Å². The van der Waals surface area contributed by atoms with Crippen LogP contribution < -0.4 is 5.32 Å². The highest BCUT2D eigenvalue weighted by atomic mass is 35.5. The summed E-state index contributed by atoms with van der Waals surface area (Å²) in [6, 6.07) is 25.2. The van der Waals surface area contributed by atoms with Crippen LogP contribution in [0.4, 0.5) is 5.69 Å². The molecule has 4 aromatic rings. The first-order valence-electron chi connectivity index (χ1n) is 10.6. The summed E-state index contributed by atoms with van der Waals surface area (Å²) in [4.78, 5) is 14.2. The zero-order chi connectivity index (χ0) is 23.9. The Morgan fingerprint density at radius 1 is 0.971 bits per heavy atom. The molecule has 4 rings (SSSR count). The number of hydrogen-bond donors (Lipinski definition) is 1. The Kier molecular flexibility index (Phi) is 8.56. The van der Waals surface area contributed by atoms with Crippen LogP contribution in [0, 0.1) is 0 Å². The lowest BCUT2D eigenvalue weighted by Crippen LogP contribution is -2.25. The van der Waals surface area contributed by atoms with E-state index in [0.29, 0.717) is 33.1 Å². The van der Waals surface area contributed by atoms with Crippen molar-refractivity contribution < 1.29 is 4.79 Å². The zero-order valence-corrected chi connectivity index (χ0v) is 21.5. The van der Waals surface area contributed by atoms with Crippen LogP contribution in [0.3, 0.4) is 0 Å². The summed E-state index contributed by atoms with van der Waals surface area (Å²) in [7, 11) is 0. The van der Waals surface area contributed by atoms with E-state index < -0.39 is 0 Å². The predicted molar refractivity (Wildman–Crippen MR) is 142 cm³/mol. The molecule has 0 fully saturated rings. The monoisotopic (exact) mass is 528 g/mol. The van der Waals surface area contributed by atoms with Gasteiger partial charge in [0.05, 0.1) is 21.0 Å². The van der Waals surface area contributed by atoms with Crippen LogP contribution in [0.15, 0.2) is 88.9 Å². The molecule has 0 saturated carbocycles. The molecule has 1 amide bonds. The number of benzene rings is 3. The lowest BCUT2D eigenvalue weighted by Gasteiger charge is -2.16. The second-order valence-corrected chi connectivity index (χ2v) is 10.3. The Bertz CT molecular complexity index is 1250. The first-order chi connectivity index (χ1) is 16.5. The van der Waals surface area contributed by atoms with Crippen molar-refractivity contribution >= 4 is 58.3 Å². The minimum atomic E-state index is -0.365. The summed E-state index contributed by atoms with van der Waals surface area (Å²) < 4.78 is 2.02. The second-order valence-electron chi connectivity index (χ2n) is 7.30. The maximum Gasteiger partial charge on any atom is 0.237 e. The molecule has 5 nitrogen and oxygen atoms in total. The highest BCUT2D eigenvalue weighted by Gasteiger charge is 2.23. The number of nitrogens with zero attached hydrogens (tertiary/aromatic N) is 3. The number of aromatic nitrogens is 3. The van der Waals surface area contributed by atoms with E-state index in [1.165, 1.54) is 11.8 Å². The van der Waals surface area contributed by atoms with Gasteiger partial charge < -0.3 is 5.32 Å². The van der Waals surface area contributed by atoms with Crippen molar-refractivity contribution in [3.8, 4) is 5.69 Å². The minimum Gasteiger partial charge on any atom is -0.325 e. The molecule has 0 bridgehead atoms. The van der Waals surface area contributed by atoms with Gasteiger partial charge in [0, 0.05) is 16.3 Å². The predicted octanol–water partition coefficient (Wildman–Crippen LogP) is 7.38. The van der Waals surface area contributed by atoms with Crippen molar-refractivity contribution in [1.29, 1.82) is 0 Å². The molecule has 34 heavy (non-hydrogen) atoms. The number of carbonyl (C=O) groups is 1. The number of thioether (sulfide) groups is 2. The third-order valence-corrected chi connectivity index (χ3v) is 7.98. The van der Waals surface area contributed by atoms with Gasteiger partial charge in [0.2, 0.25) is 5.91 Å². The van der Waals surface area contributed by atoms with Gasteiger partial charge in [0.25, 0.3) is 0 Å². The summed E-state index contributed by atoms with van der Waals surface area (Å²) in [6.07, 6.45) is 0.619. The highest BCUT2D eigenvalue weighted by Crippen LogP contribution is 2.31. The topological polar surface area (TPSA) is 59.8 Å². The zero-order valence-electron chi connectivity index (χ0n) is 18.3. The van der Waals surface area contributed by atoms with Gasteiger partial charge in [0.1, 0.15) is 5.82 Å². The van der Waals surface area contributed by atoms with E-state index in [2.05, 4.69) is 27.6 Å². The summed E-state index contributed by atoms with van der Waals surface area (Å²) in [6.45, 7) is 1.97. The van der Waals surface area contributed by atoms with Crippen molar-refractivity contribution in [3.05, 3.63) is 94.7 Å². The molecule has 0 saturated heterocycles. The number of para-hydroxylation sites is 1. The molecular formula is C25H22Cl2N4OS2. The van der Waals surface area contributed by atoms with E-state index >= 15 is 0 Å². The molecule has 3 aromatic carbocycles. The van der Waals surface area contributed by atoms with Gasteiger partial charge in [-0.15, -0.1) is 22.0 Å². The maximum atomic E-state index is 13.0. The lowest BCUT2D eigenvalue weighted by atomic mass is 10.2. The van der Waals surface area contributed by atoms with Crippen LogP contribution in [-0.2, 0) is 10.5 Å². The Morgan fingerprint density at radius 3 is 2.35 bits per heavy atom. The van der Waals surface area contributed by atoms with Crippen molar-refractivity contribution in [2.24, 2.45) is 0 Å². The summed E-state index contributed by atoms with van der Waals surface area (Å²) in [5, 5.41) is 13.0. The van der Waals surface area contributed by atoms with Crippen molar-refractivity contribution in [2.45, 2.75) is 34.4 Å². The Morgan fingerprint density at radius 2 is 1.68 bits per heavy atom. The van der Waals surface area contributed by atoms with Crippen LogP contribution in [0.1, 0.15) is 19.2 Å². The number of halogens is 2. The fraction of sp³-hybridized carbons (Fsp3) is 0.160. The summed E-state index contributed by atoms with van der Waals surface area (Å²) in [5.41, 5.74) is 1.56. The third kappa shape index (κ3) is 6.16. The van der Waals surface area contributed by atoms with Crippen LogP contribution in [0.2, 0.25) is 10.0 Å². The van der Waals surface area contributed by atoms with Gasteiger partial charge in [-0.1, -0.05) is 78.3 Å². The number of rotatable bonds is 9. The van der Waals surface area contributed by atoms with E-state index in [-0.39, 0.29) is 11.2 Å². The number of anilines is 1. The second kappa shape index (κ2) is 11.8. The fourth-order valence-corrected chi connectivity index (χ4v) is 5.34. The average Bonchev–Trinajstić information content (AvgIpc) is 3.27. The molecule has 174 valence electrons. The Balaban J connectivity index is 1.56. The molecule has 1 N–H and O–H groups in total. The highest BCUT2D eigenvalue weighted by molar-refractivity contribution is 8.00. The van der Waals surface area contributed by atoms with E-state index in [0.717, 1.165) is 16.4 Å².